The Labute approximate surface area is 191 Å². The number of hydrogen-bond donors (Lipinski definition) is 2. The molecule has 0 radical (unpaired) electrons. The minimum atomic E-state index is -0.984. The van der Waals surface area contributed by atoms with Gasteiger partial charge in [0, 0.05) is 28.9 Å². The first-order valence-electron chi connectivity index (χ1n) is 11.4. The molecule has 172 valence electrons. The average Bonchev–Trinajstić information content (AvgIpc) is 3.31. The van der Waals surface area contributed by atoms with Crippen molar-refractivity contribution in [2.75, 3.05) is 18.0 Å². The van der Waals surface area contributed by atoms with Crippen LogP contribution in [0.1, 0.15) is 37.8 Å². The van der Waals surface area contributed by atoms with Gasteiger partial charge < -0.3 is 15.2 Å². The fourth-order valence-electron chi connectivity index (χ4n) is 4.81. The number of halogens is 1. The molecule has 0 bridgehead atoms. The second-order valence-corrected chi connectivity index (χ2v) is 8.73. The zero-order valence-electron chi connectivity index (χ0n) is 18.5. The Balaban J connectivity index is 1.59. The molecular formula is C25H27FN4O3. The minimum Gasteiger partial charge on any atom is -0.465 e. The molecule has 1 saturated heterocycles. The molecule has 3 aromatic rings. The van der Waals surface area contributed by atoms with Crippen molar-refractivity contribution >= 4 is 11.8 Å². The molecule has 2 aromatic carbocycles. The summed E-state index contributed by atoms with van der Waals surface area (Å²) in [5.41, 5.74) is 3.23. The number of nitrogens with one attached hydrogen (secondary N) is 1. The highest BCUT2D eigenvalue weighted by Gasteiger charge is 2.32. The highest BCUT2D eigenvalue weighted by molar-refractivity contribution is 5.91. The van der Waals surface area contributed by atoms with Crippen LogP contribution < -0.4 is 15.0 Å². The highest BCUT2D eigenvalue weighted by atomic mass is 19.1. The van der Waals surface area contributed by atoms with Crippen molar-refractivity contribution < 1.29 is 19.0 Å². The zero-order chi connectivity index (χ0) is 22.9. The lowest BCUT2D eigenvalue weighted by Gasteiger charge is -2.34. The standard InChI is InChI=1S/C25H27FN4O3/c1-16-2-7-22-23(30(16)25(31)32)9-8-21(24(22)33-20-5-3-18(26)4-6-20)17-14-28-29(15-17)19-10-12-27-13-11-19/h3-6,8-9,14-16,19,27H,2,7,10-13H2,1H3,(H,31,32)/t16-/m0/s1. The number of rotatable bonds is 4. The van der Waals surface area contributed by atoms with Crippen LogP contribution in [0.15, 0.2) is 48.8 Å². The summed E-state index contributed by atoms with van der Waals surface area (Å²) < 4.78 is 21.8. The number of hydrogen-bond acceptors (Lipinski definition) is 4. The van der Waals surface area contributed by atoms with Crippen molar-refractivity contribution in [3.8, 4) is 22.6 Å². The summed E-state index contributed by atoms with van der Waals surface area (Å²) in [4.78, 5) is 13.4. The summed E-state index contributed by atoms with van der Waals surface area (Å²) in [6.45, 7) is 3.86. The summed E-state index contributed by atoms with van der Waals surface area (Å²) in [6, 6.07) is 9.85. The molecule has 7 nitrogen and oxygen atoms in total. The number of anilines is 1. The number of amides is 1. The van der Waals surface area contributed by atoms with Gasteiger partial charge in [-0.05, 0) is 82.1 Å². The summed E-state index contributed by atoms with van der Waals surface area (Å²) >= 11 is 0. The van der Waals surface area contributed by atoms with E-state index in [4.69, 9.17) is 4.74 Å². The molecule has 1 fully saturated rings. The second-order valence-electron chi connectivity index (χ2n) is 8.73. The highest BCUT2D eigenvalue weighted by Crippen LogP contribution is 2.44. The lowest BCUT2D eigenvalue weighted by atomic mass is 9.92. The largest absolute Gasteiger partial charge is 0.465 e. The van der Waals surface area contributed by atoms with Crippen LogP contribution in [-0.2, 0) is 6.42 Å². The SMILES string of the molecule is C[C@H]1CCc2c(ccc(-c3cnn(C4CCNCC4)c3)c2Oc2ccc(F)cc2)N1C(=O)O. The third kappa shape index (κ3) is 4.18. The predicted molar refractivity (Wildman–Crippen MR) is 124 cm³/mol. The van der Waals surface area contributed by atoms with E-state index in [1.807, 2.05) is 36.1 Å². The first-order chi connectivity index (χ1) is 16.0. The number of fused-ring (bicyclic) bond motifs is 1. The summed E-state index contributed by atoms with van der Waals surface area (Å²) in [5.74, 6) is 0.756. The number of aromatic nitrogens is 2. The van der Waals surface area contributed by atoms with Gasteiger partial charge in [0.25, 0.3) is 0 Å². The molecule has 0 saturated carbocycles. The van der Waals surface area contributed by atoms with Gasteiger partial charge in [0.2, 0.25) is 0 Å². The Morgan fingerprint density at radius 1 is 1.15 bits per heavy atom. The van der Waals surface area contributed by atoms with Crippen LogP contribution in [0.5, 0.6) is 11.5 Å². The summed E-state index contributed by atoms with van der Waals surface area (Å²) in [7, 11) is 0. The average molecular weight is 451 g/mol. The summed E-state index contributed by atoms with van der Waals surface area (Å²) in [6.07, 6.45) is 6.31. The van der Waals surface area contributed by atoms with Gasteiger partial charge >= 0.3 is 6.09 Å². The van der Waals surface area contributed by atoms with Crippen LogP contribution in [0.3, 0.4) is 0 Å². The van der Waals surface area contributed by atoms with Crippen LogP contribution in [0.4, 0.5) is 14.9 Å². The summed E-state index contributed by atoms with van der Waals surface area (Å²) in [5, 5.41) is 17.8. The van der Waals surface area contributed by atoms with E-state index in [1.165, 1.54) is 17.0 Å². The first-order valence-corrected chi connectivity index (χ1v) is 11.4. The van der Waals surface area contributed by atoms with Gasteiger partial charge in [-0.2, -0.15) is 5.10 Å². The van der Waals surface area contributed by atoms with Crippen LogP contribution in [0.25, 0.3) is 11.1 Å². The normalized spacial score (nSPS) is 18.7. The minimum absolute atomic E-state index is 0.123. The van der Waals surface area contributed by atoms with Crippen molar-refractivity contribution in [1.82, 2.24) is 15.1 Å². The lowest BCUT2D eigenvalue weighted by molar-refractivity contribution is 0.198. The van der Waals surface area contributed by atoms with Gasteiger partial charge in [-0.25, -0.2) is 9.18 Å². The molecule has 0 aliphatic carbocycles. The maximum atomic E-state index is 13.5. The lowest BCUT2D eigenvalue weighted by Crippen LogP contribution is -2.41. The molecule has 1 aromatic heterocycles. The van der Waals surface area contributed by atoms with Gasteiger partial charge in [0.05, 0.1) is 17.9 Å². The Morgan fingerprint density at radius 2 is 1.91 bits per heavy atom. The van der Waals surface area contributed by atoms with Crippen molar-refractivity contribution in [2.45, 2.75) is 44.7 Å². The number of piperidine rings is 1. The van der Waals surface area contributed by atoms with Crippen molar-refractivity contribution in [3.63, 3.8) is 0 Å². The number of carbonyl (C=O) groups is 1. The van der Waals surface area contributed by atoms with E-state index in [2.05, 4.69) is 10.4 Å². The molecular weight excluding hydrogens is 423 g/mol. The topological polar surface area (TPSA) is 79.6 Å². The molecule has 0 spiro atoms. The van der Waals surface area contributed by atoms with E-state index in [-0.39, 0.29) is 11.9 Å². The predicted octanol–water partition coefficient (Wildman–Crippen LogP) is 5.23. The fraction of sp³-hybridized carbons (Fsp3) is 0.360. The van der Waals surface area contributed by atoms with E-state index < -0.39 is 6.09 Å². The van der Waals surface area contributed by atoms with E-state index in [1.54, 1.807) is 12.1 Å². The maximum absolute atomic E-state index is 13.5. The molecule has 8 heteroatoms. The van der Waals surface area contributed by atoms with Crippen LogP contribution in [0.2, 0.25) is 0 Å². The van der Waals surface area contributed by atoms with Gasteiger partial charge in [-0.3, -0.25) is 9.58 Å². The third-order valence-electron chi connectivity index (χ3n) is 6.58. The van der Waals surface area contributed by atoms with Crippen molar-refractivity contribution in [1.29, 1.82) is 0 Å². The monoisotopic (exact) mass is 450 g/mol. The van der Waals surface area contributed by atoms with Gasteiger partial charge in [-0.1, -0.05) is 0 Å². The first kappa shape index (κ1) is 21.5. The smallest absolute Gasteiger partial charge is 0.412 e. The van der Waals surface area contributed by atoms with E-state index >= 15 is 0 Å². The van der Waals surface area contributed by atoms with Crippen molar-refractivity contribution in [2.24, 2.45) is 0 Å². The molecule has 3 heterocycles. The van der Waals surface area contributed by atoms with Crippen molar-refractivity contribution in [3.05, 3.63) is 60.2 Å². The maximum Gasteiger partial charge on any atom is 0.412 e. The molecule has 0 unspecified atom stereocenters. The number of nitrogens with zero attached hydrogens (tertiary/aromatic N) is 3. The Morgan fingerprint density at radius 3 is 2.64 bits per heavy atom. The molecule has 2 N–H and O–H groups in total. The quantitative estimate of drug-likeness (QED) is 0.569. The Bertz CT molecular complexity index is 1150. The number of carboxylic acid groups (broad SMARTS) is 1. The molecule has 1 atom stereocenters. The number of benzene rings is 2. The molecule has 1 amide bonds. The van der Waals surface area contributed by atoms with Gasteiger partial charge in [-0.15, -0.1) is 0 Å². The fourth-order valence-corrected chi connectivity index (χ4v) is 4.81. The van der Waals surface area contributed by atoms with Crippen LogP contribution in [0, 0.1) is 5.82 Å². The van der Waals surface area contributed by atoms with E-state index in [0.29, 0.717) is 36.1 Å². The number of ether oxygens (including phenoxy) is 1. The molecule has 5 rings (SSSR count). The zero-order valence-corrected chi connectivity index (χ0v) is 18.5. The Kier molecular flexibility index (Phi) is 5.76. The molecule has 2 aliphatic rings. The van der Waals surface area contributed by atoms with Crippen LogP contribution >= 0.6 is 0 Å². The van der Waals surface area contributed by atoms with Crippen LogP contribution in [-0.4, -0.2) is 40.1 Å². The third-order valence-corrected chi connectivity index (χ3v) is 6.58. The molecule has 2 aliphatic heterocycles. The van der Waals surface area contributed by atoms with Gasteiger partial charge in [0.15, 0.2) is 0 Å². The molecule has 33 heavy (non-hydrogen) atoms. The van der Waals surface area contributed by atoms with E-state index in [9.17, 15) is 14.3 Å². The Hall–Kier alpha value is -3.39. The second kappa shape index (κ2) is 8.86. The van der Waals surface area contributed by atoms with E-state index in [0.717, 1.165) is 42.6 Å². The van der Waals surface area contributed by atoms with Gasteiger partial charge in [0.1, 0.15) is 17.3 Å².